The van der Waals surface area contributed by atoms with Crippen LogP contribution in [0, 0.1) is 11.3 Å². The molecule has 0 radical (unpaired) electrons. The van der Waals surface area contributed by atoms with Crippen LogP contribution in [0.15, 0.2) is 30.3 Å². The zero-order valence-electron chi connectivity index (χ0n) is 9.43. The minimum absolute atomic E-state index is 0.438. The van der Waals surface area contributed by atoms with Gasteiger partial charge in [-0.05, 0) is 35.9 Å². The monoisotopic (exact) mass is 244 g/mol. The summed E-state index contributed by atoms with van der Waals surface area (Å²) in [6, 6.07) is 11.8. The van der Waals surface area contributed by atoms with Gasteiger partial charge in [-0.2, -0.15) is 5.26 Å². The van der Waals surface area contributed by atoms with Gasteiger partial charge >= 0.3 is 0 Å². The average molecular weight is 244 g/mol. The van der Waals surface area contributed by atoms with Gasteiger partial charge in [0, 0.05) is 17.0 Å². The van der Waals surface area contributed by atoms with Gasteiger partial charge in [-0.1, -0.05) is 0 Å². The third kappa shape index (κ3) is 2.31. The van der Waals surface area contributed by atoms with E-state index in [2.05, 4.69) is 6.07 Å². The van der Waals surface area contributed by atoms with Gasteiger partial charge in [0.15, 0.2) is 0 Å². The van der Waals surface area contributed by atoms with Gasteiger partial charge < -0.3 is 10.5 Å². The van der Waals surface area contributed by atoms with Gasteiger partial charge in [-0.15, -0.1) is 11.3 Å². The summed E-state index contributed by atoms with van der Waals surface area (Å²) >= 11 is 1.48. The lowest BCUT2D eigenvalue weighted by atomic mass is 10.1. The number of rotatable bonds is 3. The maximum absolute atomic E-state index is 8.80. The molecule has 2 aromatic rings. The number of nitrogens with zero attached hydrogens (tertiary/aromatic N) is 1. The molecule has 86 valence electrons. The fraction of sp³-hybridized carbons (Fsp3) is 0.154. The van der Waals surface area contributed by atoms with Crippen LogP contribution in [0.25, 0.3) is 10.4 Å². The van der Waals surface area contributed by atoms with Crippen molar-refractivity contribution < 1.29 is 4.74 Å². The van der Waals surface area contributed by atoms with Crippen LogP contribution < -0.4 is 10.5 Å². The summed E-state index contributed by atoms with van der Waals surface area (Å²) in [5.41, 5.74) is 7.71. The van der Waals surface area contributed by atoms with Crippen molar-refractivity contribution in [1.82, 2.24) is 0 Å². The number of benzene rings is 1. The van der Waals surface area contributed by atoms with Crippen LogP contribution in [-0.4, -0.2) is 7.11 Å². The van der Waals surface area contributed by atoms with E-state index in [1.807, 2.05) is 30.3 Å². The molecule has 17 heavy (non-hydrogen) atoms. The second-order valence-electron chi connectivity index (χ2n) is 3.51. The summed E-state index contributed by atoms with van der Waals surface area (Å²) in [7, 11) is 1.63. The molecule has 0 fully saturated rings. The second-order valence-corrected chi connectivity index (χ2v) is 4.59. The third-order valence-electron chi connectivity index (χ3n) is 2.50. The first-order valence-electron chi connectivity index (χ1n) is 5.15. The highest BCUT2D eigenvalue weighted by Gasteiger charge is 2.06. The van der Waals surface area contributed by atoms with Crippen molar-refractivity contribution in [3.05, 3.63) is 40.8 Å². The summed E-state index contributed by atoms with van der Waals surface area (Å²) in [4.78, 5) is 1.78. The molecule has 3 nitrogen and oxygen atoms in total. The van der Waals surface area contributed by atoms with Crippen LogP contribution in [0.2, 0.25) is 0 Å². The number of nitriles is 1. The first-order valence-corrected chi connectivity index (χ1v) is 5.97. The van der Waals surface area contributed by atoms with E-state index in [0.717, 1.165) is 21.8 Å². The molecule has 2 N–H and O–H groups in total. The minimum atomic E-state index is 0.438. The maximum Gasteiger partial charge on any atom is 0.123 e. The molecular weight excluding hydrogens is 232 g/mol. The van der Waals surface area contributed by atoms with Gasteiger partial charge in [0.2, 0.25) is 0 Å². The van der Waals surface area contributed by atoms with Crippen LogP contribution in [-0.2, 0) is 6.54 Å². The van der Waals surface area contributed by atoms with Gasteiger partial charge in [-0.3, -0.25) is 0 Å². The summed E-state index contributed by atoms with van der Waals surface area (Å²) < 4.78 is 5.22. The summed E-state index contributed by atoms with van der Waals surface area (Å²) in [5.74, 6) is 0.799. The molecule has 0 aliphatic heterocycles. The Hall–Kier alpha value is -1.83. The fourth-order valence-corrected chi connectivity index (χ4v) is 2.44. The molecule has 1 aromatic heterocycles. The Morgan fingerprint density at radius 3 is 2.76 bits per heavy atom. The van der Waals surface area contributed by atoms with E-state index in [1.165, 1.54) is 11.3 Å². The van der Waals surface area contributed by atoms with Crippen LogP contribution in [0.4, 0.5) is 0 Å². The molecule has 1 heterocycles. The third-order valence-corrected chi connectivity index (χ3v) is 3.54. The average Bonchev–Trinajstić information content (AvgIpc) is 2.86. The Morgan fingerprint density at radius 1 is 1.35 bits per heavy atom. The second kappa shape index (κ2) is 5.00. The Kier molecular flexibility index (Phi) is 3.43. The smallest absolute Gasteiger partial charge is 0.123 e. The molecule has 2 rings (SSSR count). The fourth-order valence-electron chi connectivity index (χ4n) is 1.64. The highest BCUT2D eigenvalue weighted by atomic mass is 32.1. The van der Waals surface area contributed by atoms with E-state index in [4.69, 9.17) is 15.7 Å². The molecule has 0 saturated heterocycles. The molecule has 0 bridgehead atoms. The molecular formula is C13H12N2OS. The Bertz CT molecular complexity index is 569. The van der Waals surface area contributed by atoms with E-state index in [1.54, 1.807) is 7.11 Å². The van der Waals surface area contributed by atoms with Crippen LogP contribution in [0.5, 0.6) is 5.75 Å². The zero-order chi connectivity index (χ0) is 12.3. The summed E-state index contributed by atoms with van der Waals surface area (Å²) in [6.45, 7) is 0.438. The lowest BCUT2D eigenvalue weighted by Crippen LogP contribution is -1.99. The number of hydrogen-bond acceptors (Lipinski definition) is 4. The lowest BCUT2D eigenvalue weighted by molar-refractivity contribution is 0.410. The van der Waals surface area contributed by atoms with Crippen molar-refractivity contribution >= 4 is 11.3 Å². The van der Waals surface area contributed by atoms with E-state index in [-0.39, 0.29) is 0 Å². The van der Waals surface area contributed by atoms with Gasteiger partial charge in [0.25, 0.3) is 0 Å². The summed E-state index contributed by atoms with van der Waals surface area (Å²) in [6.07, 6.45) is 0. The molecule has 0 unspecified atom stereocenters. The van der Waals surface area contributed by atoms with E-state index < -0.39 is 0 Å². The first kappa shape index (κ1) is 11.6. The van der Waals surface area contributed by atoms with Crippen LogP contribution >= 0.6 is 11.3 Å². The van der Waals surface area contributed by atoms with Crippen molar-refractivity contribution in [2.75, 3.05) is 7.11 Å². The van der Waals surface area contributed by atoms with Crippen molar-refractivity contribution in [3.63, 3.8) is 0 Å². The SMILES string of the molecule is COc1ccc(-c2ccc(C#N)s2)cc1CN. The van der Waals surface area contributed by atoms with Gasteiger partial charge in [-0.25, -0.2) is 0 Å². The first-order chi connectivity index (χ1) is 8.28. The van der Waals surface area contributed by atoms with Gasteiger partial charge in [0.1, 0.15) is 16.7 Å². The summed E-state index contributed by atoms with van der Waals surface area (Å²) in [5, 5.41) is 8.80. The van der Waals surface area contributed by atoms with Crippen LogP contribution in [0.1, 0.15) is 10.4 Å². The van der Waals surface area contributed by atoms with Crippen molar-refractivity contribution in [2.45, 2.75) is 6.54 Å². The quantitative estimate of drug-likeness (QED) is 0.903. The van der Waals surface area contributed by atoms with E-state index in [0.29, 0.717) is 11.4 Å². The molecule has 0 aliphatic rings. The molecule has 0 spiro atoms. The molecule has 4 heteroatoms. The Balaban J connectivity index is 2.43. The van der Waals surface area contributed by atoms with Gasteiger partial charge in [0.05, 0.1) is 7.11 Å². The number of thiophene rings is 1. The Labute approximate surface area is 104 Å². The van der Waals surface area contributed by atoms with Crippen LogP contribution in [0.3, 0.4) is 0 Å². The van der Waals surface area contributed by atoms with Crippen molar-refractivity contribution in [3.8, 4) is 22.3 Å². The largest absolute Gasteiger partial charge is 0.496 e. The number of ether oxygens (including phenoxy) is 1. The van der Waals surface area contributed by atoms with Crippen molar-refractivity contribution in [2.24, 2.45) is 5.73 Å². The lowest BCUT2D eigenvalue weighted by Gasteiger charge is -2.08. The Morgan fingerprint density at radius 2 is 2.18 bits per heavy atom. The predicted octanol–water partition coefficient (Wildman–Crippen LogP) is 2.75. The molecule has 1 aromatic carbocycles. The topological polar surface area (TPSA) is 59.0 Å². The highest BCUT2D eigenvalue weighted by Crippen LogP contribution is 2.31. The number of hydrogen-bond donors (Lipinski definition) is 1. The standard InChI is InChI=1S/C13H12N2OS/c1-16-12-4-2-9(6-10(12)7-14)13-5-3-11(8-15)17-13/h2-6H,7,14H2,1H3. The predicted molar refractivity (Wildman–Crippen MR) is 68.9 cm³/mol. The normalized spacial score (nSPS) is 9.94. The number of nitrogens with two attached hydrogens (primary N) is 1. The van der Waals surface area contributed by atoms with E-state index in [9.17, 15) is 0 Å². The molecule has 0 atom stereocenters. The molecule has 0 saturated carbocycles. The molecule has 0 amide bonds. The van der Waals surface area contributed by atoms with Crippen molar-refractivity contribution in [1.29, 1.82) is 5.26 Å². The van der Waals surface area contributed by atoms with E-state index >= 15 is 0 Å². The zero-order valence-corrected chi connectivity index (χ0v) is 10.3. The minimum Gasteiger partial charge on any atom is -0.496 e. The number of methoxy groups -OCH3 is 1. The highest BCUT2D eigenvalue weighted by molar-refractivity contribution is 7.16. The maximum atomic E-state index is 8.80. The molecule has 0 aliphatic carbocycles.